The van der Waals surface area contributed by atoms with Gasteiger partial charge in [-0.3, -0.25) is 0 Å². The molecule has 0 bridgehead atoms. The molecule has 0 aliphatic rings. The second-order valence-electron chi connectivity index (χ2n) is 3.38. The van der Waals surface area contributed by atoms with Gasteiger partial charge >= 0.3 is 0 Å². The van der Waals surface area contributed by atoms with Gasteiger partial charge in [0, 0.05) is 6.20 Å². The Hall–Kier alpha value is -1.50. The summed E-state index contributed by atoms with van der Waals surface area (Å²) in [7, 11) is 0. The Labute approximate surface area is 85.0 Å². The Kier molecular flexibility index (Phi) is 2.68. The average Bonchev–Trinajstić information content (AvgIpc) is 2.74. The van der Waals surface area contributed by atoms with Crippen LogP contribution < -0.4 is 0 Å². The zero-order chi connectivity index (χ0) is 9.80. The first-order valence-corrected chi connectivity index (χ1v) is 5.01. The number of hydrogen-bond donors (Lipinski definition) is 0. The van der Waals surface area contributed by atoms with Crippen molar-refractivity contribution in [3.63, 3.8) is 0 Å². The van der Waals surface area contributed by atoms with Gasteiger partial charge < -0.3 is 4.57 Å². The zero-order valence-corrected chi connectivity index (χ0v) is 8.35. The molecule has 0 N–H and O–H groups in total. The Morgan fingerprint density at radius 1 is 1.21 bits per heavy atom. The number of aromatic nitrogens is 1. The van der Waals surface area contributed by atoms with Crippen LogP contribution in [0.25, 0.3) is 0 Å². The van der Waals surface area contributed by atoms with Crippen molar-refractivity contribution in [1.82, 2.24) is 4.57 Å². The molecule has 0 saturated carbocycles. The van der Waals surface area contributed by atoms with Gasteiger partial charge in [0.25, 0.3) is 0 Å². The Balaban J connectivity index is 2.31. The van der Waals surface area contributed by atoms with Crippen molar-refractivity contribution in [2.45, 2.75) is 19.4 Å². The molecule has 1 aromatic heterocycles. The Morgan fingerprint density at radius 2 is 2.00 bits per heavy atom. The smallest absolute Gasteiger partial charge is 0.0653 e. The zero-order valence-electron chi connectivity index (χ0n) is 8.35. The molecule has 1 aromatic carbocycles. The molecule has 2 rings (SSSR count). The predicted molar refractivity (Wildman–Crippen MR) is 58.1 cm³/mol. The highest BCUT2D eigenvalue weighted by atomic mass is 15.0. The largest absolute Gasteiger partial charge is 0.339 e. The molecular formula is C13H14N. The molecule has 1 atom stereocenters. The summed E-state index contributed by atoms with van der Waals surface area (Å²) in [5.74, 6) is 0. The van der Waals surface area contributed by atoms with E-state index >= 15 is 0 Å². The lowest BCUT2D eigenvalue weighted by atomic mass is 10.0. The predicted octanol–water partition coefficient (Wildman–Crippen LogP) is 3.29. The van der Waals surface area contributed by atoms with Crippen molar-refractivity contribution >= 4 is 0 Å². The van der Waals surface area contributed by atoms with Gasteiger partial charge in [-0.05, 0) is 24.1 Å². The van der Waals surface area contributed by atoms with E-state index in [1.807, 2.05) is 12.1 Å². The molecule has 2 aromatic rings. The van der Waals surface area contributed by atoms with E-state index in [0.717, 1.165) is 6.42 Å². The molecule has 14 heavy (non-hydrogen) atoms. The lowest BCUT2D eigenvalue weighted by Gasteiger charge is -2.16. The van der Waals surface area contributed by atoms with Gasteiger partial charge in [0.1, 0.15) is 0 Å². The molecule has 1 heterocycles. The van der Waals surface area contributed by atoms with Crippen molar-refractivity contribution in [3.8, 4) is 0 Å². The van der Waals surface area contributed by atoms with Crippen LogP contribution in [-0.2, 0) is 0 Å². The highest BCUT2D eigenvalue weighted by Gasteiger charge is 2.08. The number of benzene rings is 1. The van der Waals surface area contributed by atoms with E-state index in [1.54, 1.807) is 0 Å². The summed E-state index contributed by atoms with van der Waals surface area (Å²) in [4.78, 5) is 0. The van der Waals surface area contributed by atoms with Crippen molar-refractivity contribution < 1.29 is 0 Å². The normalized spacial score (nSPS) is 12.6. The van der Waals surface area contributed by atoms with Crippen LogP contribution >= 0.6 is 0 Å². The summed E-state index contributed by atoms with van der Waals surface area (Å²) >= 11 is 0. The fraction of sp³-hybridized carbons (Fsp3) is 0.231. The monoisotopic (exact) mass is 184 g/mol. The fourth-order valence-corrected chi connectivity index (χ4v) is 1.77. The maximum absolute atomic E-state index is 3.20. The van der Waals surface area contributed by atoms with E-state index < -0.39 is 0 Å². The van der Waals surface area contributed by atoms with E-state index in [4.69, 9.17) is 0 Å². The van der Waals surface area contributed by atoms with Gasteiger partial charge in [-0.25, -0.2) is 0 Å². The van der Waals surface area contributed by atoms with Crippen molar-refractivity contribution in [1.29, 1.82) is 0 Å². The fourth-order valence-electron chi connectivity index (χ4n) is 1.77. The van der Waals surface area contributed by atoms with Crippen LogP contribution in [0.15, 0.2) is 48.7 Å². The summed E-state index contributed by atoms with van der Waals surface area (Å²) in [6.45, 7) is 2.20. The minimum absolute atomic E-state index is 0.422. The third kappa shape index (κ3) is 1.72. The highest BCUT2D eigenvalue weighted by Crippen LogP contribution is 2.20. The first-order valence-electron chi connectivity index (χ1n) is 5.01. The van der Waals surface area contributed by atoms with Crippen LogP contribution in [0.4, 0.5) is 0 Å². The van der Waals surface area contributed by atoms with Crippen molar-refractivity contribution in [2.24, 2.45) is 0 Å². The van der Waals surface area contributed by atoms with Gasteiger partial charge in [0.2, 0.25) is 0 Å². The van der Waals surface area contributed by atoms with Crippen LogP contribution in [0.1, 0.15) is 24.9 Å². The summed E-state index contributed by atoms with van der Waals surface area (Å²) in [6, 6.07) is 14.9. The molecule has 1 unspecified atom stereocenters. The molecule has 0 fully saturated rings. The Morgan fingerprint density at radius 3 is 2.57 bits per heavy atom. The number of rotatable bonds is 3. The van der Waals surface area contributed by atoms with Crippen LogP contribution in [0.2, 0.25) is 0 Å². The van der Waals surface area contributed by atoms with Gasteiger partial charge in [0.05, 0.1) is 12.2 Å². The maximum atomic E-state index is 3.20. The SMILES string of the molecule is CCC(c1ccccc1)n1[c]ccc1. The molecule has 0 aliphatic carbocycles. The minimum atomic E-state index is 0.422. The van der Waals surface area contributed by atoms with E-state index in [2.05, 4.69) is 54.2 Å². The summed E-state index contributed by atoms with van der Waals surface area (Å²) in [6.07, 6.45) is 6.37. The molecular weight excluding hydrogens is 170 g/mol. The van der Waals surface area contributed by atoms with E-state index in [9.17, 15) is 0 Å². The first-order chi connectivity index (χ1) is 6.92. The molecule has 1 radical (unpaired) electrons. The summed E-state index contributed by atoms with van der Waals surface area (Å²) in [5.41, 5.74) is 1.35. The van der Waals surface area contributed by atoms with Gasteiger partial charge in [-0.15, -0.1) is 0 Å². The van der Waals surface area contributed by atoms with Crippen molar-refractivity contribution in [3.05, 3.63) is 60.4 Å². The van der Waals surface area contributed by atoms with Crippen molar-refractivity contribution in [2.75, 3.05) is 0 Å². The van der Waals surface area contributed by atoms with Crippen LogP contribution in [0.3, 0.4) is 0 Å². The minimum Gasteiger partial charge on any atom is -0.339 e. The van der Waals surface area contributed by atoms with Crippen LogP contribution in [0, 0.1) is 6.20 Å². The average molecular weight is 184 g/mol. The van der Waals surface area contributed by atoms with E-state index in [0.29, 0.717) is 6.04 Å². The lowest BCUT2D eigenvalue weighted by Crippen LogP contribution is -2.07. The number of nitrogens with zero attached hydrogens (tertiary/aromatic N) is 1. The molecule has 1 heteroatoms. The quantitative estimate of drug-likeness (QED) is 0.689. The molecule has 0 amide bonds. The third-order valence-electron chi connectivity index (χ3n) is 2.47. The van der Waals surface area contributed by atoms with Crippen LogP contribution in [0.5, 0.6) is 0 Å². The van der Waals surface area contributed by atoms with Crippen LogP contribution in [-0.4, -0.2) is 4.57 Å². The first kappa shape index (κ1) is 9.07. The molecule has 0 saturated heterocycles. The second kappa shape index (κ2) is 4.14. The Bertz CT molecular complexity index is 361. The molecule has 0 aliphatic heterocycles. The molecule has 1 nitrogen and oxygen atoms in total. The molecule has 0 spiro atoms. The third-order valence-corrected chi connectivity index (χ3v) is 2.47. The second-order valence-corrected chi connectivity index (χ2v) is 3.38. The summed E-state index contributed by atoms with van der Waals surface area (Å²) < 4.78 is 2.13. The lowest BCUT2D eigenvalue weighted by molar-refractivity contribution is 0.566. The van der Waals surface area contributed by atoms with E-state index in [1.165, 1.54) is 5.56 Å². The molecule has 71 valence electrons. The van der Waals surface area contributed by atoms with E-state index in [-0.39, 0.29) is 0 Å². The number of hydrogen-bond acceptors (Lipinski definition) is 0. The standard InChI is InChI=1S/C13H14N/c1-2-13(14-10-6-7-11-14)12-8-4-3-5-9-12/h3-10,13H,2H2,1H3. The van der Waals surface area contributed by atoms with Gasteiger partial charge in [-0.2, -0.15) is 0 Å². The topological polar surface area (TPSA) is 4.93 Å². The summed E-state index contributed by atoms with van der Waals surface area (Å²) in [5, 5.41) is 0. The maximum Gasteiger partial charge on any atom is 0.0653 e. The van der Waals surface area contributed by atoms with Gasteiger partial charge in [-0.1, -0.05) is 37.3 Å². The van der Waals surface area contributed by atoms with Gasteiger partial charge in [0.15, 0.2) is 0 Å². The highest BCUT2D eigenvalue weighted by molar-refractivity contribution is 5.20.